The molecule has 0 bridgehead atoms. The van der Waals surface area contributed by atoms with Crippen LogP contribution in [0.5, 0.6) is 0 Å². The van der Waals surface area contributed by atoms with E-state index in [0.717, 1.165) is 15.6 Å². The molecule has 1 aromatic heterocycles. The molecule has 3 heteroatoms. The van der Waals surface area contributed by atoms with Crippen LogP contribution in [0, 0.1) is 5.82 Å². The molecule has 3 rings (SSSR count). The van der Waals surface area contributed by atoms with Crippen LogP contribution < -0.4 is 0 Å². The van der Waals surface area contributed by atoms with Crippen molar-refractivity contribution in [1.82, 2.24) is 0 Å². The first-order valence-electron chi connectivity index (χ1n) is 5.66. The van der Waals surface area contributed by atoms with Crippen molar-refractivity contribution in [2.75, 3.05) is 0 Å². The van der Waals surface area contributed by atoms with E-state index in [0.29, 0.717) is 5.56 Å². The van der Waals surface area contributed by atoms with Crippen LogP contribution in [-0.2, 0) is 0 Å². The Morgan fingerprint density at radius 1 is 0.944 bits per heavy atom. The van der Waals surface area contributed by atoms with Crippen LogP contribution in [0.1, 0.15) is 17.2 Å². The van der Waals surface area contributed by atoms with Gasteiger partial charge in [0, 0.05) is 15.8 Å². The molecule has 1 N–H and O–H groups in total. The Morgan fingerprint density at radius 2 is 1.72 bits per heavy atom. The summed E-state index contributed by atoms with van der Waals surface area (Å²) in [5.74, 6) is -0.376. The van der Waals surface area contributed by atoms with Gasteiger partial charge in [0.1, 0.15) is 11.9 Å². The summed E-state index contributed by atoms with van der Waals surface area (Å²) in [6.07, 6.45) is -0.923. The molecule has 0 spiro atoms. The minimum absolute atomic E-state index is 0.318. The molecule has 1 heterocycles. The highest BCUT2D eigenvalue weighted by molar-refractivity contribution is 7.17. The third kappa shape index (κ3) is 1.82. The average Bonchev–Trinajstić information content (AvgIpc) is 2.86. The van der Waals surface area contributed by atoms with Gasteiger partial charge in [-0.1, -0.05) is 36.4 Å². The molecular weight excluding hydrogens is 247 g/mol. The first kappa shape index (κ1) is 11.4. The Kier molecular flexibility index (Phi) is 2.86. The summed E-state index contributed by atoms with van der Waals surface area (Å²) in [7, 11) is 0. The molecule has 0 aliphatic rings. The molecule has 1 unspecified atom stereocenters. The molecule has 0 amide bonds. The fraction of sp³-hybridized carbons (Fsp3) is 0.0667. The van der Waals surface area contributed by atoms with Gasteiger partial charge in [-0.05, 0) is 22.9 Å². The maximum absolute atomic E-state index is 13.7. The van der Waals surface area contributed by atoms with Gasteiger partial charge in [-0.15, -0.1) is 11.3 Å². The lowest BCUT2D eigenvalue weighted by Gasteiger charge is -2.13. The van der Waals surface area contributed by atoms with Gasteiger partial charge in [-0.25, -0.2) is 4.39 Å². The molecule has 90 valence electrons. The summed E-state index contributed by atoms with van der Waals surface area (Å²) in [4.78, 5) is 0. The van der Waals surface area contributed by atoms with Crippen LogP contribution in [-0.4, -0.2) is 5.11 Å². The number of hydrogen-bond donors (Lipinski definition) is 1. The summed E-state index contributed by atoms with van der Waals surface area (Å²) >= 11 is 1.56. The number of fused-ring (bicyclic) bond motifs is 1. The van der Waals surface area contributed by atoms with Gasteiger partial charge in [-0.2, -0.15) is 0 Å². The lowest BCUT2D eigenvalue weighted by Crippen LogP contribution is -2.02. The van der Waals surface area contributed by atoms with Crippen molar-refractivity contribution in [3.8, 4) is 0 Å². The van der Waals surface area contributed by atoms with Crippen LogP contribution >= 0.6 is 11.3 Å². The van der Waals surface area contributed by atoms with Crippen molar-refractivity contribution in [2.24, 2.45) is 0 Å². The van der Waals surface area contributed by atoms with Crippen LogP contribution in [0.25, 0.3) is 10.1 Å². The highest BCUT2D eigenvalue weighted by atomic mass is 32.1. The fourth-order valence-electron chi connectivity index (χ4n) is 2.10. The number of aliphatic hydroxyl groups excluding tert-OH is 1. The number of aliphatic hydroxyl groups is 1. The van der Waals surface area contributed by atoms with Gasteiger partial charge >= 0.3 is 0 Å². The van der Waals surface area contributed by atoms with Gasteiger partial charge in [0.15, 0.2) is 0 Å². The lowest BCUT2D eigenvalue weighted by molar-refractivity contribution is 0.216. The van der Waals surface area contributed by atoms with Crippen LogP contribution in [0.2, 0.25) is 0 Å². The van der Waals surface area contributed by atoms with E-state index >= 15 is 0 Å². The Hall–Kier alpha value is -1.71. The maximum atomic E-state index is 13.7. The number of rotatable bonds is 2. The predicted octanol–water partition coefficient (Wildman–Crippen LogP) is 4.12. The number of thiophene rings is 1. The normalized spacial score (nSPS) is 12.8. The second-order valence-corrected chi connectivity index (χ2v) is 5.03. The smallest absolute Gasteiger partial charge is 0.129 e. The van der Waals surface area contributed by atoms with E-state index in [4.69, 9.17) is 0 Å². The van der Waals surface area contributed by atoms with Gasteiger partial charge in [0.25, 0.3) is 0 Å². The third-order valence-corrected chi connectivity index (χ3v) is 3.98. The quantitative estimate of drug-likeness (QED) is 0.733. The summed E-state index contributed by atoms with van der Waals surface area (Å²) in [5, 5.41) is 13.4. The predicted molar refractivity (Wildman–Crippen MR) is 72.3 cm³/mol. The van der Waals surface area contributed by atoms with E-state index in [1.165, 1.54) is 6.07 Å². The Morgan fingerprint density at radius 3 is 2.56 bits per heavy atom. The van der Waals surface area contributed by atoms with Crippen molar-refractivity contribution in [2.45, 2.75) is 6.10 Å². The molecule has 2 aromatic carbocycles. The highest BCUT2D eigenvalue weighted by Crippen LogP contribution is 2.32. The second kappa shape index (κ2) is 4.52. The molecular formula is C15H11FOS. The molecule has 0 radical (unpaired) electrons. The molecule has 0 aliphatic heterocycles. The largest absolute Gasteiger partial charge is 0.383 e. The maximum Gasteiger partial charge on any atom is 0.129 e. The molecule has 18 heavy (non-hydrogen) atoms. The molecule has 3 aromatic rings. The van der Waals surface area contributed by atoms with E-state index in [1.807, 2.05) is 29.6 Å². The van der Waals surface area contributed by atoms with E-state index in [2.05, 4.69) is 0 Å². The lowest BCUT2D eigenvalue weighted by atomic mass is 10.00. The zero-order valence-corrected chi connectivity index (χ0v) is 10.3. The van der Waals surface area contributed by atoms with Crippen molar-refractivity contribution < 1.29 is 9.50 Å². The summed E-state index contributed by atoms with van der Waals surface area (Å²) < 4.78 is 14.7. The highest BCUT2D eigenvalue weighted by Gasteiger charge is 2.17. The minimum Gasteiger partial charge on any atom is -0.383 e. The summed E-state index contributed by atoms with van der Waals surface area (Å²) in [6, 6.07) is 14.1. The monoisotopic (exact) mass is 258 g/mol. The molecule has 1 nitrogen and oxygen atoms in total. The van der Waals surface area contributed by atoms with Crippen LogP contribution in [0.4, 0.5) is 4.39 Å². The van der Waals surface area contributed by atoms with Crippen LogP contribution in [0.3, 0.4) is 0 Å². The molecule has 0 saturated carbocycles. The first-order valence-corrected chi connectivity index (χ1v) is 6.54. The fourth-order valence-corrected chi connectivity index (χ4v) is 3.03. The molecule has 0 aliphatic carbocycles. The van der Waals surface area contributed by atoms with E-state index < -0.39 is 6.10 Å². The van der Waals surface area contributed by atoms with Crippen molar-refractivity contribution in [1.29, 1.82) is 0 Å². The summed E-state index contributed by atoms with van der Waals surface area (Å²) in [6.45, 7) is 0. The average molecular weight is 258 g/mol. The zero-order chi connectivity index (χ0) is 12.5. The van der Waals surface area contributed by atoms with Crippen molar-refractivity contribution >= 4 is 21.4 Å². The Bertz CT molecular complexity index is 690. The van der Waals surface area contributed by atoms with Gasteiger partial charge in [-0.3, -0.25) is 0 Å². The SMILES string of the molecule is OC(c1ccccc1F)c1cccc2ccsc12. The first-order chi connectivity index (χ1) is 8.77. The van der Waals surface area contributed by atoms with Gasteiger partial charge in [0.2, 0.25) is 0 Å². The topological polar surface area (TPSA) is 20.2 Å². The second-order valence-electron chi connectivity index (χ2n) is 4.11. The number of hydrogen-bond acceptors (Lipinski definition) is 2. The molecule has 0 fully saturated rings. The minimum atomic E-state index is -0.923. The third-order valence-electron chi connectivity index (χ3n) is 3.00. The molecule has 1 atom stereocenters. The van der Waals surface area contributed by atoms with Crippen molar-refractivity contribution in [3.63, 3.8) is 0 Å². The van der Waals surface area contributed by atoms with E-state index in [1.54, 1.807) is 29.5 Å². The van der Waals surface area contributed by atoms with Crippen molar-refractivity contribution in [3.05, 3.63) is 70.9 Å². The Balaban J connectivity index is 2.15. The molecule has 0 saturated heterocycles. The van der Waals surface area contributed by atoms with Gasteiger partial charge < -0.3 is 5.11 Å². The Labute approximate surface area is 108 Å². The zero-order valence-electron chi connectivity index (χ0n) is 9.51. The number of benzene rings is 2. The van der Waals surface area contributed by atoms with E-state index in [-0.39, 0.29) is 5.82 Å². The van der Waals surface area contributed by atoms with Gasteiger partial charge in [0.05, 0.1) is 0 Å². The standard InChI is InChI=1S/C15H11FOS/c16-13-7-2-1-5-11(13)14(17)12-6-3-4-10-8-9-18-15(10)12/h1-9,14,17H. The van der Waals surface area contributed by atoms with E-state index in [9.17, 15) is 9.50 Å². The number of halogens is 1. The summed E-state index contributed by atoms with van der Waals surface area (Å²) in [5.41, 5.74) is 1.08. The van der Waals surface area contributed by atoms with Crippen LogP contribution in [0.15, 0.2) is 53.9 Å².